The molecule has 0 radical (unpaired) electrons. The van der Waals surface area contributed by atoms with Crippen molar-refractivity contribution in [2.45, 2.75) is 63.8 Å². The van der Waals surface area contributed by atoms with Crippen LogP contribution < -0.4 is 0 Å². The summed E-state index contributed by atoms with van der Waals surface area (Å²) in [5.74, 6) is 1.42. The quantitative estimate of drug-likeness (QED) is 0.767. The van der Waals surface area contributed by atoms with Gasteiger partial charge in [-0.05, 0) is 52.2 Å². The smallest absolute Gasteiger partial charge is 0.233 e. The molecule has 25 heavy (non-hydrogen) atoms. The first-order valence-corrected chi connectivity index (χ1v) is 9.88. The van der Waals surface area contributed by atoms with E-state index in [9.17, 15) is 4.79 Å². The zero-order chi connectivity index (χ0) is 17.8. The second-order valence-corrected chi connectivity index (χ2v) is 7.45. The van der Waals surface area contributed by atoms with E-state index in [0.717, 1.165) is 35.9 Å². The van der Waals surface area contributed by atoms with Crippen molar-refractivity contribution >= 4 is 17.7 Å². The molecular weight excluding hydrogens is 334 g/mol. The zero-order valence-electron chi connectivity index (χ0n) is 15.1. The third-order valence-electron chi connectivity index (χ3n) is 4.78. The van der Waals surface area contributed by atoms with Crippen molar-refractivity contribution in [2.75, 3.05) is 5.75 Å². The third kappa shape index (κ3) is 3.86. The van der Waals surface area contributed by atoms with Gasteiger partial charge in [0.05, 0.1) is 5.75 Å². The zero-order valence-corrected chi connectivity index (χ0v) is 15.9. The van der Waals surface area contributed by atoms with Gasteiger partial charge in [-0.1, -0.05) is 11.8 Å². The summed E-state index contributed by atoms with van der Waals surface area (Å²) >= 11 is 1.48. The van der Waals surface area contributed by atoms with Crippen molar-refractivity contribution in [3.63, 3.8) is 0 Å². The average Bonchev–Trinajstić information content (AvgIpc) is 3.03. The Balaban J connectivity index is 1.71. The van der Waals surface area contributed by atoms with Crippen LogP contribution in [0.25, 0.3) is 11.4 Å². The van der Waals surface area contributed by atoms with E-state index < -0.39 is 0 Å². The minimum Gasteiger partial charge on any atom is -0.337 e. The van der Waals surface area contributed by atoms with Gasteiger partial charge in [0.25, 0.3) is 0 Å². The molecule has 0 bridgehead atoms. The number of nitrogens with zero attached hydrogens (tertiary/aromatic N) is 5. The van der Waals surface area contributed by atoms with Crippen LogP contribution in [0.5, 0.6) is 0 Å². The van der Waals surface area contributed by atoms with Crippen molar-refractivity contribution in [2.24, 2.45) is 0 Å². The van der Waals surface area contributed by atoms with Crippen LogP contribution in [0.1, 0.15) is 40.0 Å². The molecule has 2 aromatic heterocycles. The maximum absolute atomic E-state index is 12.7. The summed E-state index contributed by atoms with van der Waals surface area (Å²) in [6.45, 7) is 7.12. The molecule has 7 heteroatoms. The molecule has 0 spiro atoms. The highest BCUT2D eigenvalue weighted by molar-refractivity contribution is 7.99. The number of hydrogen-bond acceptors (Lipinski definition) is 5. The van der Waals surface area contributed by atoms with Gasteiger partial charge in [-0.3, -0.25) is 9.78 Å². The molecule has 1 aliphatic rings. The van der Waals surface area contributed by atoms with E-state index in [2.05, 4.69) is 40.5 Å². The Hall–Kier alpha value is -1.89. The van der Waals surface area contributed by atoms with Crippen LogP contribution >= 0.6 is 11.8 Å². The van der Waals surface area contributed by atoms with E-state index in [1.165, 1.54) is 18.2 Å². The van der Waals surface area contributed by atoms with E-state index in [1.54, 1.807) is 12.4 Å². The summed E-state index contributed by atoms with van der Waals surface area (Å²) in [4.78, 5) is 18.8. The number of thioether (sulfide) groups is 1. The van der Waals surface area contributed by atoms with Gasteiger partial charge in [-0.15, -0.1) is 10.2 Å². The predicted octanol–water partition coefficient (Wildman–Crippen LogP) is 3.24. The van der Waals surface area contributed by atoms with Gasteiger partial charge in [0, 0.05) is 36.6 Å². The van der Waals surface area contributed by atoms with Gasteiger partial charge in [-0.25, -0.2) is 0 Å². The summed E-state index contributed by atoms with van der Waals surface area (Å²) in [7, 11) is 0. The van der Waals surface area contributed by atoms with Gasteiger partial charge in [-0.2, -0.15) is 0 Å². The summed E-state index contributed by atoms with van der Waals surface area (Å²) in [5, 5.41) is 9.41. The molecule has 1 aliphatic heterocycles. The topological polar surface area (TPSA) is 63.9 Å². The highest BCUT2D eigenvalue weighted by Crippen LogP contribution is 2.26. The minimum atomic E-state index is 0.195. The molecule has 0 aliphatic carbocycles. The number of likely N-dealkylation sites (tertiary alicyclic amines) is 1. The van der Waals surface area contributed by atoms with Gasteiger partial charge in [0.15, 0.2) is 11.0 Å². The molecule has 1 fully saturated rings. The molecule has 134 valence electrons. The lowest BCUT2D eigenvalue weighted by molar-refractivity contribution is -0.134. The monoisotopic (exact) mass is 359 g/mol. The van der Waals surface area contributed by atoms with Crippen LogP contribution in [0.15, 0.2) is 29.7 Å². The normalized spacial score (nSPS) is 20.7. The molecule has 0 saturated carbocycles. The average molecular weight is 359 g/mol. The molecule has 2 aromatic rings. The Labute approximate surface area is 153 Å². The number of aromatic nitrogens is 4. The molecular formula is C18H25N5OS. The van der Waals surface area contributed by atoms with Crippen molar-refractivity contribution in [1.82, 2.24) is 24.6 Å². The second-order valence-electron chi connectivity index (χ2n) is 6.50. The van der Waals surface area contributed by atoms with Crippen molar-refractivity contribution in [1.29, 1.82) is 0 Å². The second kappa shape index (κ2) is 7.99. The number of carbonyl (C=O) groups excluding carboxylic acids is 1. The number of hydrogen-bond donors (Lipinski definition) is 0. The SMILES string of the molecule is CCn1c(SCC(=O)N2[C@@H](C)CCC[C@@H]2C)nnc1-c1ccncc1. The lowest BCUT2D eigenvalue weighted by Crippen LogP contribution is -2.48. The number of amides is 1. The van der Waals surface area contributed by atoms with Crippen LogP contribution in [-0.4, -0.2) is 48.4 Å². The minimum absolute atomic E-state index is 0.195. The highest BCUT2D eigenvalue weighted by atomic mass is 32.2. The molecule has 0 aromatic carbocycles. The summed E-state index contributed by atoms with van der Waals surface area (Å²) in [6, 6.07) is 4.50. The van der Waals surface area contributed by atoms with Gasteiger partial charge < -0.3 is 9.47 Å². The largest absolute Gasteiger partial charge is 0.337 e. The van der Waals surface area contributed by atoms with Crippen LogP contribution in [0, 0.1) is 0 Å². The lowest BCUT2D eigenvalue weighted by Gasteiger charge is -2.39. The summed E-state index contributed by atoms with van der Waals surface area (Å²) in [5.41, 5.74) is 0.987. The summed E-state index contributed by atoms with van der Waals surface area (Å²) in [6.07, 6.45) is 6.90. The number of rotatable bonds is 5. The summed E-state index contributed by atoms with van der Waals surface area (Å²) < 4.78 is 2.05. The Morgan fingerprint density at radius 3 is 2.52 bits per heavy atom. The fraction of sp³-hybridized carbons (Fsp3) is 0.556. The molecule has 2 atom stereocenters. The van der Waals surface area contributed by atoms with E-state index in [4.69, 9.17) is 0 Å². The molecule has 1 amide bonds. The third-order valence-corrected chi connectivity index (χ3v) is 5.73. The molecule has 3 rings (SSSR count). The first-order chi connectivity index (χ1) is 12.1. The predicted molar refractivity (Wildman–Crippen MR) is 99.3 cm³/mol. The van der Waals surface area contributed by atoms with E-state index in [0.29, 0.717) is 17.8 Å². The van der Waals surface area contributed by atoms with Crippen LogP contribution in [0.2, 0.25) is 0 Å². The van der Waals surface area contributed by atoms with Gasteiger partial charge in [0.2, 0.25) is 5.91 Å². The molecule has 1 saturated heterocycles. The standard InChI is InChI=1S/C18H25N5OS/c1-4-22-17(15-8-10-19-11-9-15)20-21-18(22)25-12-16(24)23-13(2)6-5-7-14(23)3/h8-11,13-14H,4-7,12H2,1-3H3/t13-,14-/m0/s1. The Morgan fingerprint density at radius 1 is 1.20 bits per heavy atom. The maximum Gasteiger partial charge on any atom is 0.233 e. The van der Waals surface area contributed by atoms with Crippen LogP contribution in [0.3, 0.4) is 0 Å². The van der Waals surface area contributed by atoms with Crippen LogP contribution in [0.4, 0.5) is 0 Å². The molecule has 3 heterocycles. The van der Waals surface area contributed by atoms with Crippen molar-refractivity contribution in [3.05, 3.63) is 24.5 Å². The fourth-order valence-corrected chi connectivity index (χ4v) is 4.38. The fourth-order valence-electron chi connectivity index (χ4n) is 3.51. The van der Waals surface area contributed by atoms with Gasteiger partial charge >= 0.3 is 0 Å². The first-order valence-electron chi connectivity index (χ1n) is 8.89. The Bertz CT molecular complexity index is 708. The van der Waals surface area contributed by atoms with Crippen molar-refractivity contribution in [3.8, 4) is 11.4 Å². The van der Waals surface area contributed by atoms with E-state index >= 15 is 0 Å². The number of pyridine rings is 1. The van der Waals surface area contributed by atoms with Crippen LogP contribution in [-0.2, 0) is 11.3 Å². The van der Waals surface area contributed by atoms with Gasteiger partial charge in [0.1, 0.15) is 0 Å². The van der Waals surface area contributed by atoms with E-state index in [1.807, 2.05) is 17.0 Å². The Kier molecular flexibility index (Phi) is 5.73. The number of piperidine rings is 1. The Morgan fingerprint density at radius 2 is 1.88 bits per heavy atom. The van der Waals surface area contributed by atoms with Crippen molar-refractivity contribution < 1.29 is 4.79 Å². The maximum atomic E-state index is 12.7. The van der Waals surface area contributed by atoms with E-state index in [-0.39, 0.29) is 5.91 Å². The highest BCUT2D eigenvalue weighted by Gasteiger charge is 2.29. The molecule has 6 nitrogen and oxygen atoms in total. The molecule has 0 N–H and O–H groups in total. The first kappa shape index (κ1) is 17.9. The number of carbonyl (C=O) groups is 1. The molecule has 0 unspecified atom stereocenters. The lowest BCUT2D eigenvalue weighted by atomic mass is 9.98.